The van der Waals surface area contributed by atoms with Crippen molar-refractivity contribution in [2.45, 2.75) is 20.4 Å². The summed E-state index contributed by atoms with van der Waals surface area (Å²) in [5.74, 6) is -1.81. The van der Waals surface area contributed by atoms with Crippen LogP contribution in [0.3, 0.4) is 0 Å². The van der Waals surface area contributed by atoms with Gasteiger partial charge in [0.05, 0.1) is 7.11 Å². The monoisotopic (exact) mass is 331 g/mol. The molecular formula is C17H18FN3O3. The van der Waals surface area contributed by atoms with Gasteiger partial charge < -0.3 is 15.4 Å². The van der Waals surface area contributed by atoms with Gasteiger partial charge in [-0.3, -0.25) is 9.59 Å². The van der Waals surface area contributed by atoms with Gasteiger partial charge in [-0.05, 0) is 37.6 Å². The Morgan fingerprint density at radius 1 is 1.17 bits per heavy atom. The molecule has 0 saturated heterocycles. The number of methoxy groups -OCH3 is 1. The van der Waals surface area contributed by atoms with Crippen LogP contribution in [-0.2, 0) is 16.1 Å². The molecule has 0 saturated carbocycles. The number of pyridine rings is 1. The molecule has 0 fully saturated rings. The Labute approximate surface area is 139 Å². The number of amides is 2. The second kappa shape index (κ2) is 7.54. The highest BCUT2D eigenvalue weighted by atomic mass is 19.1. The Morgan fingerprint density at radius 3 is 2.62 bits per heavy atom. The number of rotatable bonds is 4. The molecule has 0 unspecified atom stereocenters. The summed E-state index contributed by atoms with van der Waals surface area (Å²) in [7, 11) is 1.48. The van der Waals surface area contributed by atoms with Gasteiger partial charge in [0.15, 0.2) is 0 Å². The molecule has 126 valence electrons. The zero-order valence-corrected chi connectivity index (χ0v) is 13.6. The molecule has 1 heterocycles. The largest absolute Gasteiger partial charge is 0.481 e. The first kappa shape index (κ1) is 17.4. The summed E-state index contributed by atoms with van der Waals surface area (Å²) in [5.41, 5.74) is 2.33. The number of nitrogens with zero attached hydrogens (tertiary/aromatic N) is 1. The molecule has 0 atom stereocenters. The molecule has 2 N–H and O–H groups in total. The van der Waals surface area contributed by atoms with E-state index in [4.69, 9.17) is 4.74 Å². The second-order valence-electron chi connectivity index (χ2n) is 5.22. The maximum Gasteiger partial charge on any atom is 0.313 e. The number of benzene rings is 1. The number of hydrogen-bond acceptors (Lipinski definition) is 4. The third-order valence-corrected chi connectivity index (χ3v) is 3.37. The summed E-state index contributed by atoms with van der Waals surface area (Å²) in [4.78, 5) is 28.0. The van der Waals surface area contributed by atoms with Crippen molar-refractivity contribution < 1.29 is 18.7 Å². The number of aryl methyl sites for hydroxylation is 2. The molecule has 1 aromatic carbocycles. The molecule has 2 amide bonds. The molecular weight excluding hydrogens is 313 g/mol. The molecule has 0 spiro atoms. The zero-order chi connectivity index (χ0) is 17.7. The lowest BCUT2D eigenvalue weighted by molar-refractivity contribution is -0.136. The lowest BCUT2D eigenvalue weighted by Crippen LogP contribution is -2.35. The Balaban J connectivity index is 1.99. The van der Waals surface area contributed by atoms with Crippen LogP contribution in [0, 0.1) is 19.7 Å². The SMILES string of the molecule is COc1nc(C)ccc1CNC(=O)C(=O)Nc1cc(F)ccc1C. The Bertz CT molecular complexity index is 778. The Morgan fingerprint density at radius 2 is 1.92 bits per heavy atom. The first-order valence-electron chi connectivity index (χ1n) is 7.26. The third kappa shape index (κ3) is 4.28. The molecule has 2 rings (SSSR count). The minimum Gasteiger partial charge on any atom is -0.481 e. The molecule has 6 nitrogen and oxygen atoms in total. The summed E-state index contributed by atoms with van der Waals surface area (Å²) in [6.45, 7) is 3.61. The summed E-state index contributed by atoms with van der Waals surface area (Å²) in [5, 5.41) is 4.87. The lowest BCUT2D eigenvalue weighted by Gasteiger charge is -2.11. The topological polar surface area (TPSA) is 80.3 Å². The average Bonchev–Trinajstić information content (AvgIpc) is 2.56. The Kier molecular flexibility index (Phi) is 5.47. The van der Waals surface area contributed by atoms with Crippen molar-refractivity contribution >= 4 is 17.5 Å². The third-order valence-electron chi connectivity index (χ3n) is 3.37. The number of halogens is 1. The van der Waals surface area contributed by atoms with E-state index in [1.807, 2.05) is 6.92 Å². The van der Waals surface area contributed by atoms with E-state index >= 15 is 0 Å². The van der Waals surface area contributed by atoms with Crippen molar-refractivity contribution in [2.75, 3.05) is 12.4 Å². The molecule has 0 aliphatic rings. The van der Waals surface area contributed by atoms with Crippen LogP contribution in [0.5, 0.6) is 5.88 Å². The van der Waals surface area contributed by atoms with E-state index in [2.05, 4.69) is 15.6 Å². The first-order valence-corrected chi connectivity index (χ1v) is 7.26. The highest BCUT2D eigenvalue weighted by molar-refractivity contribution is 6.39. The average molecular weight is 331 g/mol. The van der Waals surface area contributed by atoms with Crippen LogP contribution >= 0.6 is 0 Å². The van der Waals surface area contributed by atoms with Crippen molar-refractivity contribution in [2.24, 2.45) is 0 Å². The molecule has 2 aromatic rings. The fraction of sp³-hybridized carbons (Fsp3) is 0.235. The predicted molar refractivity (Wildman–Crippen MR) is 87.1 cm³/mol. The van der Waals surface area contributed by atoms with Gasteiger partial charge in [-0.25, -0.2) is 9.37 Å². The first-order chi connectivity index (χ1) is 11.4. The molecule has 0 aliphatic carbocycles. The maximum atomic E-state index is 13.2. The maximum absolute atomic E-state index is 13.2. The van der Waals surface area contributed by atoms with Crippen LogP contribution in [0.4, 0.5) is 10.1 Å². The normalized spacial score (nSPS) is 10.2. The number of carbonyl (C=O) groups is 2. The van der Waals surface area contributed by atoms with Crippen LogP contribution in [-0.4, -0.2) is 23.9 Å². The van der Waals surface area contributed by atoms with E-state index in [0.717, 1.165) is 11.8 Å². The van der Waals surface area contributed by atoms with Crippen molar-refractivity contribution in [3.63, 3.8) is 0 Å². The van der Waals surface area contributed by atoms with Gasteiger partial charge in [0.2, 0.25) is 5.88 Å². The molecule has 1 aromatic heterocycles. The highest BCUT2D eigenvalue weighted by Crippen LogP contribution is 2.16. The number of aromatic nitrogens is 1. The Hall–Kier alpha value is -2.96. The molecule has 0 bridgehead atoms. The molecule has 7 heteroatoms. The summed E-state index contributed by atoms with van der Waals surface area (Å²) < 4.78 is 18.4. The van der Waals surface area contributed by atoms with Gasteiger partial charge in [0, 0.05) is 23.5 Å². The van der Waals surface area contributed by atoms with E-state index in [1.54, 1.807) is 19.1 Å². The van der Waals surface area contributed by atoms with Crippen molar-refractivity contribution in [3.8, 4) is 5.88 Å². The van der Waals surface area contributed by atoms with E-state index in [1.165, 1.54) is 19.2 Å². The van der Waals surface area contributed by atoms with Crippen LogP contribution in [0.2, 0.25) is 0 Å². The summed E-state index contributed by atoms with van der Waals surface area (Å²) >= 11 is 0. The van der Waals surface area contributed by atoms with Gasteiger partial charge in [0.25, 0.3) is 0 Å². The van der Waals surface area contributed by atoms with Crippen molar-refractivity contribution in [1.29, 1.82) is 0 Å². The van der Waals surface area contributed by atoms with E-state index < -0.39 is 17.6 Å². The standard InChI is InChI=1S/C17H18FN3O3/c1-10-4-7-13(18)8-14(10)21-16(23)15(22)19-9-12-6-5-11(2)20-17(12)24-3/h4-8H,9H2,1-3H3,(H,19,22)(H,21,23). The second-order valence-corrected chi connectivity index (χ2v) is 5.22. The minimum absolute atomic E-state index is 0.0881. The quantitative estimate of drug-likeness (QED) is 0.841. The number of ether oxygens (including phenoxy) is 1. The fourth-order valence-corrected chi connectivity index (χ4v) is 2.04. The smallest absolute Gasteiger partial charge is 0.313 e. The number of hydrogen-bond donors (Lipinski definition) is 2. The van der Waals surface area contributed by atoms with Crippen LogP contribution in [0.1, 0.15) is 16.8 Å². The molecule has 0 aliphatic heterocycles. The van der Waals surface area contributed by atoms with Crippen LogP contribution in [0.25, 0.3) is 0 Å². The highest BCUT2D eigenvalue weighted by Gasteiger charge is 2.16. The lowest BCUT2D eigenvalue weighted by atomic mass is 10.2. The van der Waals surface area contributed by atoms with Gasteiger partial charge in [-0.2, -0.15) is 0 Å². The summed E-state index contributed by atoms with van der Waals surface area (Å²) in [6.07, 6.45) is 0. The van der Waals surface area contributed by atoms with Gasteiger partial charge in [-0.15, -0.1) is 0 Å². The predicted octanol–water partition coefficient (Wildman–Crippen LogP) is 2.10. The van der Waals surface area contributed by atoms with Crippen molar-refractivity contribution in [3.05, 3.63) is 53.0 Å². The minimum atomic E-state index is -0.872. The van der Waals surface area contributed by atoms with Crippen LogP contribution in [0.15, 0.2) is 30.3 Å². The molecule has 24 heavy (non-hydrogen) atoms. The number of nitrogens with one attached hydrogen (secondary N) is 2. The van der Waals surface area contributed by atoms with Gasteiger partial charge in [0.1, 0.15) is 5.82 Å². The molecule has 0 radical (unpaired) electrons. The zero-order valence-electron chi connectivity index (χ0n) is 13.6. The van der Waals surface area contributed by atoms with Crippen LogP contribution < -0.4 is 15.4 Å². The van der Waals surface area contributed by atoms with Gasteiger partial charge in [-0.1, -0.05) is 12.1 Å². The van der Waals surface area contributed by atoms with Gasteiger partial charge >= 0.3 is 11.8 Å². The number of carbonyl (C=O) groups excluding carboxylic acids is 2. The fourth-order valence-electron chi connectivity index (χ4n) is 2.04. The van der Waals surface area contributed by atoms with E-state index in [-0.39, 0.29) is 12.2 Å². The number of anilines is 1. The van der Waals surface area contributed by atoms with E-state index in [9.17, 15) is 14.0 Å². The van der Waals surface area contributed by atoms with Crippen molar-refractivity contribution in [1.82, 2.24) is 10.3 Å². The van der Waals surface area contributed by atoms with E-state index in [0.29, 0.717) is 17.0 Å². The summed E-state index contributed by atoms with van der Waals surface area (Å²) in [6, 6.07) is 7.50.